The van der Waals surface area contributed by atoms with Crippen molar-refractivity contribution in [2.75, 3.05) is 64.8 Å². The maximum Gasteiger partial charge on any atom is 0.282 e. The molecular weight excluding hydrogens is 642 g/mol. The average molecular weight is 694 g/mol. The van der Waals surface area contributed by atoms with Gasteiger partial charge in [-0.15, -0.1) is 0 Å². The third kappa shape index (κ3) is 8.64. The minimum absolute atomic E-state index is 0.259. The van der Waals surface area contributed by atoms with Gasteiger partial charge in [-0.2, -0.15) is 21.3 Å². The third-order valence-corrected chi connectivity index (χ3v) is 14.3. The molecule has 46 heavy (non-hydrogen) atoms. The fraction of sp³-hybridized carbons (Fsp3) is 0.647. The van der Waals surface area contributed by atoms with Gasteiger partial charge < -0.3 is 9.80 Å². The van der Waals surface area contributed by atoms with Gasteiger partial charge in [-0.1, -0.05) is 36.9 Å². The predicted octanol–water partition coefficient (Wildman–Crippen LogP) is 5.46. The summed E-state index contributed by atoms with van der Waals surface area (Å²) in [5.74, 6) is 0.650. The van der Waals surface area contributed by atoms with Crippen molar-refractivity contribution in [1.82, 2.24) is 17.8 Å². The lowest BCUT2D eigenvalue weighted by atomic mass is 9.89. The molecular formula is C34H52ClN5O4S2. The molecule has 0 aromatic heterocycles. The Morgan fingerprint density at radius 3 is 2.15 bits per heavy atom. The Morgan fingerprint density at radius 2 is 1.46 bits per heavy atom. The summed E-state index contributed by atoms with van der Waals surface area (Å²) >= 11 is 6.21. The first-order chi connectivity index (χ1) is 21.9. The SMILES string of the molecule is C[C@@H]1CCN(S(=O)(=O)c2ccc(N(C)C)cc2)CCCN(CC2CCCCC2)CCCN1S(=O)(=O)N1CCc2cc(Cl)ccc2C1. The highest BCUT2D eigenvalue weighted by atomic mass is 35.5. The Balaban J connectivity index is 1.38. The molecule has 2 aromatic carbocycles. The summed E-state index contributed by atoms with van der Waals surface area (Å²) in [6, 6.07) is 12.3. The van der Waals surface area contributed by atoms with Crippen LogP contribution in [-0.4, -0.2) is 101 Å². The first kappa shape index (κ1) is 35.6. The highest BCUT2D eigenvalue weighted by Gasteiger charge is 2.36. The lowest BCUT2D eigenvalue weighted by Gasteiger charge is -2.38. The van der Waals surface area contributed by atoms with Crippen LogP contribution >= 0.6 is 11.6 Å². The zero-order valence-corrected chi connectivity index (χ0v) is 30.2. The Hall–Kier alpha value is -1.73. The summed E-state index contributed by atoms with van der Waals surface area (Å²) in [7, 11) is -3.70. The lowest BCUT2D eigenvalue weighted by Crippen LogP contribution is -2.51. The van der Waals surface area contributed by atoms with Gasteiger partial charge in [0.1, 0.15) is 0 Å². The van der Waals surface area contributed by atoms with E-state index in [2.05, 4.69) is 4.90 Å². The largest absolute Gasteiger partial charge is 0.378 e. The van der Waals surface area contributed by atoms with E-state index in [1.807, 2.05) is 56.3 Å². The number of anilines is 1. The van der Waals surface area contributed by atoms with Crippen LogP contribution in [0.1, 0.15) is 69.4 Å². The number of hydrogen-bond donors (Lipinski definition) is 0. The molecule has 0 N–H and O–H groups in total. The first-order valence-corrected chi connectivity index (χ1v) is 20.2. The number of halogens is 1. The summed E-state index contributed by atoms with van der Waals surface area (Å²) in [6.07, 6.45) is 8.84. The quantitative estimate of drug-likeness (QED) is 0.383. The Kier molecular flexibility index (Phi) is 12.1. The monoisotopic (exact) mass is 693 g/mol. The second kappa shape index (κ2) is 15.7. The predicted molar refractivity (Wildman–Crippen MR) is 187 cm³/mol. The molecule has 0 amide bonds. The molecule has 2 aromatic rings. The van der Waals surface area contributed by atoms with Crippen molar-refractivity contribution >= 4 is 37.5 Å². The number of sulfonamides is 1. The summed E-state index contributed by atoms with van der Waals surface area (Å²) in [6.45, 7) is 6.31. The van der Waals surface area contributed by atoms with Gasteiger partial charge in [0.05, 0.1) is 4.90 Å². The highest BCUT2D eigenvalue weighted by molar-refractivity contribution is 7.89. The number of fused-ring (bicyclic) bond motifs is 1. The van der Waals surface area contributed by atoms with Gasteiger partial charge in [0.25, 0.3) is 10.2 Å². The molecule has 2 aliphatic heterocycles. The molecule has 0 bridgehead atoms. The van der Waals surface area contributed by atoms with E-state index in [0.29, 0.717) is 50.0 Å². The minimum Gasteiger partial charge on any atom is -0.378 e. The average Bonchev–Trinajstić information content (AvgIpc) is 3.03. The number of nitrogens with zero attached hydrogens (tertiary/aromatic N) is 5. The topological polar surface area (TPSA) is 84.5 Å². The van der Waals surface area contributed by atoms with Gasteiger partial charge in [-0.3, -0.25) is 0 Å². The standard InChI is InChI=1S/C34H52ClN5O4S2/c1-28-17-23-38(45(41,42)34-15-13-33(14-16-34)36(2)3)21-7-19-37(26-29-9-5-4-6-10-29)20-8-22-40(28)46(43,44)39-24-18-30-25-32(35)12-11-31(30)27-39/h11-16,25,28-29H,4-10,17-24,26-27H2,1-3H3/t28-/m1/s1. The number of hydrogen-bond acceptors (Lipinski definition) is 6. The Bertz CT molecular complexity index is 1510. The molecule has 0 unspecified atom stereocenters. The van der Waals surface area contributed by atoms with Crippen LogP contribution in [0, 0.1) is 5.92 Å². The Morgan fingerprint density at radius 1 is 0.761 bits per heavy atom. The van der Waals surface area contributed by atoms with Gasteiger partial charge in [0.2, 0.25) is 10.0 Å². The molecule has 1 atom stereocenters. The van der Waals surface area contributed by atoms with Crippen LogP contribution in [0.15, 0.2) is 47.4 Å². The number of benzene rings is 2. The minimum atomic E-state index is -3.80. The smallest absolute Gasteiger partial charge is 0.282 e. The van der Waals surface area contributed by atoms with Crippen molar-refractivity contribution in [3.63, 3.8) is 0 Å². The molecule has 3 aliphatic rings. The molecule has 2 heterocycles. The third-order valence-electron chi connectivity index (χ3n) is 10.0. The molecule has 0 radical (unpaired) electrons. The van der Waals surface area contributed by atoms with Crippen LogP contribution in [0.5, 0.6) is 0 Å². The van der Waals surface area contributed by atoms with Crippen LogP contribution in [0.4, 0.5) is 5.69 Å². The fourth-order valence-electron chi connectivity index (χ4n) is 7.25. The van der Waals surface area contributed by atoms with Crippen LogP contribution in [0.3, 0.4) is 0 Å². The van der Waals surface area contributed by atoms with E-state index < -0.39 is 20.2 Å². The van der Waals surface area contributed by atoms with Gasteiger partial charge >= 0.3 is 0 Å². The van der Waals surface area contributed by atoms with E-state index in [-0.39, 0.29) is 17.5 Å². The molecule has 12 heteroatoms. The summed E-state index contributed by atoms with van der Waals surface area (Å²) in [4.78, 5) is 4.68. The first-order valence-electron chi connectivity index (χ1n) is 17.0. The van der Waals surface area contributed by atoms with E-state index in [0.717, 1.165) is 49.3 Å². The van der Waals surface area contributed by atoms with E-state index in [4.69, 9.17) is 11.6 Å². The zero-order valence-electron chi connectivity index (χ0n) is 27.8. The van der Waals surface area contributed by atoms with Crippen LogP contribution in [-0.2, 0) is 33.2 Å². The van der Waals surface area contributed by atoms with Crippen molar-refractivity contribution < 1.29 is 16.8 Å². The van der Waals surface area contributed by atoms with Gasteiger partial charge in [-0.25, -0.2) is 8.42 Å². The maximum atomic E-state index is 14.3. The van der Waals surface area contributed by atoms with Crippen molar-refractivity contribution in [3.8, 4) is 0 Å². The molecule has 9 nitrogen and oxygen atoms in total. The maximum absolute atomic E-state index is 14.3. The van der Waals surface area contributed by atoms with E-state index in [1.54, 1.807) is 25.0 Å². The highest BCUT2D eigenvalue weighted by Crippen LogP contribution is 2.29. The molecule has 2 fully saturated rings. The fourth-order valence-corrected chi connectivity index (χ4v) is 10.8. The zero-order chi connectivity index (χ0) is 32.9. The van der Waals surface area contributed by atoms with Gasteiger partial charge in [0, 0.05) is 70.1 Å². The normalized spacial score (nSPS) is 22.9. The van der Waals surface area contributed by atoms with Crippen molar-refractivity contribution in [3.05, 3.63) is 58.6 Å². The van der Waals surface area contributed by atoms with Crippen molar-refractivity contribution in [1.29, 1.82) is 0 Å². The summed E-state index contributed by atoms with van der Waals surface area (Å²) in [5.41, 5.74) is 3.01. The molecule has 1 saturated carbocycles. The van der Waals surface area contributed by atoms with Crippen LogP contribution < -0.4 is 4.90 Å². The van der Waals surface area contributed by atoms with Gasteiger partial charge in [-0.05, 0) is 112 Å². The van der Waals surface area contributed by atoms with Crippen LogP contribution in [0.2, 0.25) is 5.02 Å². The summed E-state index contributed by atoms with van der Waals surface area (Å²) in [5, 5.41) is 0.665. The molecule has 5 rings (SSSR count). The molecule has 0 spiro atoms. The van der Waals surface area contributed by atoms with E-state index >= 15 is 0 Å². The summed E-state index contributed by atoms with van der Waals surface area (Å²) < 4.78 is 61.4. The second-order valence-corrected chi connectivity index (χ2v) is 17.8. The number of rotatable bonds is 7. The van der Waals surface area contributed by atoms with Crippen molar-refractivity contribution in [2.24, 2.45) is 5.92 Å². The van der Waals surface area contributed by atoms with E-state index in [9.17, 15) is 16.8 Å². The lowest BCUT2D eigenvalue weighted by molar-refractivity contribution is 0.177. The molecule has 256 valence electrons. The van der Waals surface area contributed by atoms with Gasteiger partial charge in [0.15, 0.2) is 0 Å². The Labute approximate surface area is 282 Å². The van der Waals surface area contributed by atoms with E-state index in [1.165, 1.54) is 32.1 Å². The second-order valence-electron chi connectivity index (χ2n) is 13.6. The molecule has 1 aliphatic carbocycles. The molecule has 1 saturated heterocycles. The van der Waals surface area contributed by atoms with Crippen LogP contribution in [0.25, 0.3) is 0 Å². The van der Waals surface area contributed by atoms with Crippen molar-refractivity contribution in [2.45, 2.75) is 82.2 Å².